The van der Waals surface area contributed by atoms with Crippen molar-refractivity contribution in [2.24, 2.45) is 0 Å². The Labute approximate surface area is 145 Å². The molecule has 1 unspecified atom stereocenters. The summed E-state index contributed by atoms with van der Waals surface area (Å²) in [5.74, 6) is 0.405. The second-order valence-corrected chi connectivity index (χ2v) is 5.92. The fourth-order valence-electron chi connectivity index (χ4n) is 2.26. The van der Waals surface area contributed by atoms with Gasteiger partial charge in [0.1, 0.15) is 6.10 Å². The number of hydrogen-bond donors (Lipinski definition) is 2. The van der Waals surface area contributed by atoms with Crippen LogP contribution in [0.2, 0.25) is 10.0 Å². The van der Waals surface area contributed by atoms with Crippen LogP contribution in [0.4, 0.5) is 5.95 Å². The predicted molar refractivity (Wildman–Crippen MR) is 93.7 cm³/mol. The maximum Gasteiger partial charge on any atom is 0.255 e. The van der Waals surface area contributed by atoms with Gasteiger partial charge in [0, 0.05) is 34.8 Å². The fraction of sp³-hybridized carbons (Fsp3) is 0.375. The largest absolute Gasteiger partial charge is 0.370 e. The van der Waals surface area contributed by atoms with E-state index in [4.69, 9.17) is 27.9 Å². The summed E-state index contributed by atoms with van der Waals surface area (Å²) in [7, 11) is 1.53. The molecule has 7 heteroatoms. The van der Waals surface area contributed by atoms with Crippen molar-refractivity contribution in [3.63, 3.8) is 0 Å². The minimum absolute atomic E-state index is 0.223. The lowest BCUT2D eigenvalue weighted by Gasteiger charge is -2.20. The average Bonchev–Trinajstić information content (AvgIpc) is 2.52. The quantitative estimate of drug-likeness (QED) is 0.823. The summed E-state index contributed by atoms with van der Waals surface area (Å²) in [5, 5.41) is 4.01. The van der Waals surface area contributed by atoms with Crippen molar-refractivity contribution in [1.29, 1.82) is 0 Å². The summed E-state index contributed by atoms with van der Waals surface area (Å²) in [4.78, 5) is 19.4. The molecule has 0 saturated heterocycles. The highest BCUT2D eigenvalue weighted by molar-refractivity contribution is 6.36. The van der Waals surface area contributed by atoms with Gasteiger partial charge in [0.25, 0.3) is 5.56 Å². The fourth-order valence-corrected chi connectivity index (χ4v) is 2.86. The first kappa shape index (κ1) is 17.8. The lowest BCUT2D eigenvalue weighted by atomic mass is 10.0. The summed E-state index contributed by atoms with van der Waals surface area (Å²) in [6, 6.07) is 5.22. The summed E-state index contributed by atoms with van der Waals surface area (Å²) < 4.78 is 5.57. The number of H-pyrrole nitrogens is 1. The Bertz CT molecular complexity index is 726. The number of aromatic amines is 1. The molecule has 0 aliphatic carbocycles. The number of hydrogen-bond acceptors (Lipinski definition) is 4. The molecule has 1 atom stereocenters. The van der Waals surface area contributed by atoms with Gasteiger partial charge in [0.15, 0.2) is 0 Å². The minimum Gasteiger partial charge on any atom is -0.370 e. The van der Waals surface area contributed by atoms with E-state index >= 15 is 0 Å². The highest BCUT2D eigenvalue weighted by Gasteiger charge is 2.24. The van der Waals surface area contributed by atoms with E-state index in [1.54, 1.807) is 25.1 Å². The predicted octanol–water partition coefficient (Wildman–Crippen LogP) is 3.94. The SMILES string of the molecule is CCCNc1nc(C(OC)c2c(Cl)cccc2Cl)c(C)c(=O)[nH]1. The Kier molecular flexibility index (Phi) is 6.04. The molecule has 0 spiro atoms. The Morgan fingerprint density at radius 2 is 2.00 bits per heavy atom. The lowest BCUT2D eigenvalue weighted by molar-refractivity contribution is 0.132. The number of anilines is 1. The first-order valence-corrected chi connectivity index (χ1v) is 8.06. The molecule has 1 aromatic carbocycles. The zero-order valence-corrected chi connectivity index (χ0v) is 14.8. The standard InChI is InChI=1S/C16H19Cl2N3O2/c1-4-8-19-16-20-13(9(2)15(22)21-16)14(23-3)12-10(17)6-5-7-11(12)18/h5-7,14H,4,8H2,1-3H3,(H2,19,20,21,22). The van der Waals surface area contributed by atoms with Crippen LogP contribution in [-0.4, -0.2) is 23.6 Å². The van der Waals surface area contributed by atoms with E-state index in [-0.39, 0.29) is 5.56 Å². The van der Waals surface area contributed by atoms with Crippen LogP contribution in [-0.2, 0) is 4.74 Å². The summed E-state index contributed by atoms with van der Waals surface area (Å²) >= 11 is 12.5. The van der Waals surface area contributed by atoms with Crippen LogP contribution in [0.5, 0.6) is 0 Å². The van der Waals surface area contributed by atoms with E-state index in [0.717, 1.165) is 6.42 Å². The zero-order chi connectivity index (χ0) is 17.0. The second kappa shape index (κ2) is 7.81. The van der Waals surface area contributed by atoms with Crippen molar-refractivity contribution in [2.45, 2.75) is 26.4 Å². The number of benzene rings is 1. The van der Waals surface area contributed by atoms with Crippen molar-refractivity contribution in [1.82, 2.24) is 9.97 Å². The van der Waals surface area contributed by atoms with Gasteiger partial charge in [-0.05, 0) is 25.5 Å². The van der Waals surface area contributed by atoms with E-state index in [9.17, 15) is 4.79 Å². The Morgan fingerprint density at radius 3 is 2.57 bits per heavy atom. The second-order valence-electron chi connectivity index (χ2n) is 5.10. The maximum absolute atomic E-state index is 12.2. The average molecular weight is 356 g/mol. The highest BCUT2D eigenvalue weighted by atomic mass is 35.5. The third-order valence-electron chi connectivity index (χ3n) is 3.48. The molecule has 2 aromatic rings. The molecule has 5 nitrogen and oxygen atoms in total. The number of halogens is 2. The monoisotopic (exact) mass is 355 g/mol. The molecule has 0 saturated carbocycles. The van der Waals surface area contributed by atoms with Gasteiger partial charge in [-0.25, -0.2) is 4.98 Å². The van der Waals surface area contributed by atoms with Crippen LogP contribution < -0.4 is 10.9 Å². The summed E-state index contributed by atoms with van der Waals surface area (Å²) in [6.07, 6.45) is 0.289. The van der Waals surface area contributed by atoms with E-state index in [0.29, 0.717) is 39.4 Å². The van der Waals surface area contributed by atoms with Gasteiger partial charge < -0.3 is 10.1 Å². The molecule has 0 amide bonds. The Morgan fingerprint density at radius 1 is 1.35 bits per heavy atom. The molecular formula is C16H19Cl2N3O2. The maximum atomic E-state index is 12.2. The zero-order valence-electron chi connectivity index (χ0n) is 13.2. The van der Waals surface area contributed by atoms with Crippen molar-refractivity contribution in [3.05, 3.63) is 55.4 Å². The Balaban J connectivity index is 2.57. The number of nitrogens with zero attached hydrogens (tertiary/aromatic N) is 1. The van der Waals surface area contributed by atoms with Gasteiger partial charge in [-0.3, -0.25) is 9.78 Å². The van der Waals surface area contributed by atoms with Gasteiger partial charge >= 0.3 is 0 Å². The number of rotatable bonds is 6. The van der Waals surface area contributed by atoms with E-state index in [2.05, 4.69) is 15.3 Å². The van der Waals surface area contributed by atoms with Gasteiger partial charge in [0.2, 0.25) is 5.95 Å². The third-order valence-corrected chi connectivity index (χ3v) is 4.14. The molecule has 0 aliphatic heterocycles. The smallest absolute Gasteiger partial charge is 0.255 e. The Hall–Kier alpha value is -1.56. The van der Waals surface area contributed by atoms with Crippen LogP contribution in [0, 0.1) is 6.92 Å². The number of nitrogens with one attached hydrogen (secondary N) is 2. The van der Waals surface area contributed by atoms with Crippen LogP contribution >= 0.6 is 23.2 Å². The molecule has 1 aromatic heterocycles. The minimum atomic E-state index is -0.624. The van der Waals surface area contributed by atoms with Crippen molar-refractivity contribution < 1.29 is 4.74 Å². The molecular weight excluding hydrogens is 337 g/mol. The molecule has 0 bridgehead atoms. The summed E-state index contributed by atoms with van der Waals surface area (Å²) in [6.45, 7) is 4.43. The van der Waals surface area contributed by atoms with E-state index in [1.807, 2.05) is 6.92 Å². The first-order chi connectivity index (χ1) is 11.0. The topological polar surface area (TPSA) is 67.0 Å². The van der Waals surface area contributed by atoms with Crippen molar-refractivity contribution >= 4 is 29.2 Å². The van der Waals surface area contributed by atoms with E-state index in [1.165, 1.54) is 7.11 Å². The van der Waals surface area contributed by atoms with Crippen LogP contribution in [0.3, 0.4) is 0 Å². The van der Waals surface area contributed by atoms with Gasteiger partial charge in [0.05, 0.1) is 5.69 Å². The highest BCUT2D eigenvalue weighted by Crippen LogP contribution is 2.36. The van der Waals surface area contributed by atoms with Gasteiger partial charge in [-0.1, -0.05) is 36.2 Å². The van der Waals surface area contributed by atoms with Crippen LogP contribution in [0.1, 0.15) is 36.3 Å². The first-order valence-electron chi connectivity index (χ1n) is 7.31. The van der Waals surface area contributed by atoms with Crippen LogP contribution in [0.25, 0.3) is 0 Å². The number of ether oxygens (including phenoxy) is 1. The molecule has 124 valence electrons. The summed E-state index contributed by atoms with van der Waals surface area (Å²) in [5.41, 5.74) is 1.33. The molecule has 0 aliphatic rings. The number of methoxy groups -OCH3 is 1. The lowest BCUT2D eigenvalue weighted by Crippen LogP contribution is -2.21. The normalized spacial score (nSPS) is 12.2. The molecule has 2 rings (SSSR count). The van der Waals surface area contributed by atoms with Gasteiger partial charge in [-0.15, -0.1) is 0 Å². The van der Waals surface area contributed by atoms with E-state index < -0.39 is 6.10 Å². The molecule has 0 radical (unpaired) electrons. The third kappa shape index (κ3) is 3.86. The molecule has 23 heavy (non-hydrogen) atoms. The molecule has 2 N–H and O–H groups in total. The van der Waals surface area contributed by atoms with Crippen molar-refractivity contribution in [3.8, 4) is 0 Å². The van der Waals surface area contributed by atoms with Crippen molar-refractivity contribution in [2.75, 3.05) is 19.0 Å². The van der Waals surface area contributed by atoms with Gasteiger partial charge in [-0.2, -0.15) is 0 Å². The van der Waals surface area contributed by atoms with Crippen LogP contribution in [0.15, 0.2) is 23.0 Å². The molecule has 1 heterocycles. The number of aromatic nitrogens is 2. The molecule has 0 fully saturated rings.